The molecule has 1 saturated heterocycles. The fourth-order valence-corrected chi connectivity index (χ4v) is 4.65. The Hall–Kier alpha value is -1.58. The summed E-state index contributed by atoms with van der Waals surface area (Å²) in [7, 11) is 2.20. The van der Waals surface area contributed by atoms with Crippen molar-refractivity contribution >= 4 is 17.3 Å². The van der Waals surface area contributed by atoms with Crippen molar-refractivity contribution in [2.75, 3.05) is 31.6 Å². The van der Waals surface area contributed by atoms with Gasteiger partial charge in [-0.1, -0.05) is 30.7 Å². The summed E-state index contributed by atoms with van der Waals surface area (Å²) in [6, 6.07) is 13.8. The molecule has 25 heavy (non-hydrogen) atoms. The van der Waals surface area contributed by atoms with Crippen molar-refractivity contribution in [3.8, 4) is 0 Å². The molecule has 0 amide bonds. The Labute approximate surface area is 154 Å². The lowest BCUT2D eigenvalue weighted by atomic mass is 9.89. The van der Waals surface area contributed by atoms with Gasteiger partial charge in [0.05, 0.1) is 0 Å². The number of halogens is 2. The zero-order valence-corrected chi connectivity index (χ0v) is 15.5. The molecule has 2 aliphatic heterocycles. The van der Waals surface area contributed by atoms with E-state index in [9.17, 15) is 4.39 Å². The first-order valence-corrected chi connectivity index (χ1v) is 9.41. The van der Waals surface area contributed by atoms with Crippen LogP contribution in [0.25, 0.3) is 0 Å². The molecule has 132 valence electrons. The number of anilines is 1. The summed E-state index contributed by atoms with van der Waals surface area (Å²) in [6.45, 7) is 5.39. The van der Waals surface area contributed by atoms with Gasteiger partial charge in [0.25, 0.3) is 0 Å². The second-order valence-corrected chi connectivity index (χ2v) is 7.97. The van der Waals surface area contributed by atoms with Crippen LogP contribution in [-0.4, -0.2) is 37.6 Å². The number of likely N-dealkylation sites (N-methyl/N-ethyl adjacent to an activating group) is 1. The SMILES string of the molecule is C[C@H](CN1c2ccc(Cl)cc2C2CN(C)CCC21)c1ccc(F)cc1. The number of rotatable bonds is 3. The van der Waals surface area contributed by atoms with E-state index in [1.54, 1.807) is 12.1 Å². The quantitative estimate of drug-likeness (QED) is 0.770. The van der Waals surface area contributed by atoms with Crippen molar-refractivity contribution in [2.24, 2.45) is 0 Å². The Bertz CT molecular complexity index is 761. The van der Waals surface area contributed by atoms with Crippen molar-refractivity contribution < 1.29 is 4.39 Å². The van der Waals surface area contributed by atoms with Gasteiger partial charge >= 0.3 is 0 Å². The zero-order valence-electron chi connectivity index (χ0n) is 14.8. The lowest BCUT2D eigenvalue weighted by Gasteiger charge is -2.38. The van der Waals surface area contributed by atoms with Gasteiger partial charge in [0.1, 0.15) is 5.82 Å². The van der Waals surface area contributed by atoms with Gasteiger partial charge in [-0.25, -0.2) is 4.39 Å². The van der Waals surface area contributed by atoms with Gasteiger partial charge in [0.15, 0.2) is 0 Å². The highest BCUT2D eigenvalue weighted by Gasteiger charge is 2.41. The first kappa shape index (κ1) is 16.9. The molecule has 4 rings (SSSR count). The van der Waals surface area contributed by atoms with Gasteiger partial charge in [-0.3, -0.25) is 0 Å². The van der Waals surface area contributed by atoms with Crippen LogP contribution in [0.15, 0.2) is 42.5 Å². The number of likely N-dealkylation sites (tertiary alicyclic amines) is 1. The molecule has 2 unspecified atom stereocenters. The minimum Gasteiger partial charge on any atom is -0.367 e. The fraction of sp³-hybridized carbons (Fsp3) is 0.429. The number of hydrogen-bond donors (Lipinski definition) is 0. The van der Waals surface area contributed by atoms with Crippen LogP contribution in [-0.2, 0) is 0 Å². The molecule has 2 aromatic rings. The van der Waals surface area contributed by atoms with E-state index in [-0.39, 0.29) is 5.82 Å². The summed E-state index contributed by atoms with van der Waals surface area (Å²) in [5, 5.41) is 0.819. The summed E-state index contributed by atoms with van der Waals surface area (Å²) in [5.41, 5.74) is 3.90. The maximum atomic E-state index is 13.2. The standard InChI is InChI=1S/C21H24ClFN2/c1-14(15-3-6-17(23)7-4-15)12-25-20-8-5-16(22)11-18(20)19-13-24(2)10-9-21(19)25/h3-8,11,14,19,21H,9-10,12-13H2,1-2H3/t14-,19?,21?/m1/s1. The molecule has 3 atom stereocenters. The van der Waals surface area contributed by atoms with Crippen molar-refractivity contribution in [2.45, 2.75) is 31.2 Å². The van der Waals surface area contributed by atoms with Gasteiger partial charge in [-0.2, -0.15) is 0 Å². The smallest absolute Gasteiger partial charge is 0.123 e. The molecule has 0 aliphatic carbocycles. The minimum atomic E-state index is -0.174. The van der Waals surface area contributed by atoms with Crippen LogP contribution in [0.2, 0.25) is 5.02 Å². The molecule has 0 saturated carbocycles. The van der Waals surface area contributed by atoms with Gasteiger partial charge in [-0.05, 0) is 67.4 Å². The molecular formula is C21H24ClFN2. The van der Waals surface area contributed by atoms with E-state index in [0.29, 0.717) is 17.9 Å². The summed E-state index contributed by atoms with van der Waals surface area (Å²) < 4.78 is 13.2. The Morgan fingerprint density at radius 2 is 1.96 bits per heavy atom. The normalized spacial score (nSPS) is 24.1. The molecule has 0 aromatic heterocycles. The van der Waals surface area contributed by atoms with E-state index in [0.717, 1.165) is 24.7 Å². The topological polar surface area (TPSA) is 6.48 Å². The van der Waals surface area contributed by atoms with E-state index in [2.05, 4.69) is 35.9 Å². The number of hydrogen-bond acceptors (Lipinski definition) is 2. The van der Waals surface area contributed by atoms with Gasteiger partial charge < -0.3 is 9.80 Å². The number of piperidine rings is 1. The van der Waals surface area contributed by atoms with Crippen LogP contribution in [0.4, 0.5) is 10.1 Å². The molecule has 0 bridgehead atoms. The Morgan fingerprint density at radius 1 is 1.20 bits per heavy atom. The maximum absolute atomic E-state index is 13.2. The van der Waals surface area contributed by atoms with E-state index >= 15 is 0 Å². The highest BCUT2D eigenvalue weighted by Crippen LogP contribution is 2.46. The Kier molecular flexibility index (Phi) is 4.47. The number of nitrogens with zero attached hydrogens (tertiary/aromatic N) is 2. The Balaban J connectivity index is 1.63. The van der Waals surface area contributed by atoms with Crippen molar-refractivity contribution in [3.05, 3.63) is 64.4 Å². The Morgan fingerprint density at radius 3 is 2.72 bits per heavy atom. The minimum absolute atomic E-state index is 0.174. The van der Waals surface area contributed by atoms with E-state index in [1.165, 1.54) is 23.2 Å². The lowest BCUT2D eigenvalue weighted by Crippen LogP contribution is -2.45. The molecule has 2 heterocycles. The highest BCUT2D eigenvalue weighted by atomic mass is 35.5. The molecule has 4 heteroatoms. The maximum Gasteiger partial charge on any atom is 0.123 e. The van der Waals surface area contributed by atoms with Gasteiger partial charge in [0, 0.05) is 35.8 Å². The third-order valence-electron chi connectivity index (χ3n) is 5.79. The molecular weight excluding hydrogens is 335 g/mol. The molecule has 2 aliphatic rings. The first-order chi connectivity index (χ1) is 12.0. The van der Waals surface area contributed by atoms with E-state index in [4.69, 9.17) is 11.6 Å². The average molecular weight is 359 g/mol. The molecule has 0 radical (unpaired) electrons. The van der Waals surface area contributed by atoms with Crippen LogP contribution in [0.5, 0.6) is 0 Å². The average Bonchev–Trinajstić information content (AvgIpc) is 2.88. The van der Waals surface area contributed by atoms with Crippen LogP contribution in [0.1, 0.15) is 36.3 Å². The van der Waals surface area contributed by atoms with Gasteiger partial charge in [-0.15, -0.1) is 0 Å². The molecule has 0 spiro atoms. The largest absolute Gasteiger partial charge is 0.367 e. The van der Waals surface area contributed by atoms with Crippen LogP contribution < -0.4 is 4.90 Å². The second kappa shape index (κ2) is 6.62. The van der Waals surface area contributed by atoms with Gasteiger partial charge in [0.2, 0.25) is 0 Å². The van der Waals surface area contributed by atoms with Crippen molar-refractivity contribution in [1.82, 2.24) is 4.90 Å². The molecule has 0 N–H and O–H groups in total. The summed E-state index contributed by atoms with van der Waals surface area (Å²) in [4.78, 5) is 4.98. The molecule has 2 nitrogen and oxygen atoms in total. The van der Waals surface area contributed by atoms with Crippen LogP contribution in [0.3, 0.4) is 0 Å². The lowest BCUT2D eigenvalue weighted by molar-refractivity contribution is 0.230. The number of benzene rings is 2. The van der Waals surface area contributed by atoms with Crippen LogP contribution >= 0.6 is 11.6 Å². The van der Waals surface area contributed by atoms with E-state index in [1.807, 2.05) is 18.2 Å². The third-order valence-corrected chi connectivity index (χ3v) is 6.02. The summed E-state index contributed by atoms with van der Waals surface area (Å²) in [6.07, 6.45) is 1.17. The first-order valence-electron chi connectivity index (χ1n) is 9.03. The van der Waals surface area contributed by atoms with Crippen molar-refractivity contribution in [3.63, 3.8) is 0 Å². The molecule has 2 aromatic carbocycles. The zero-order chi connectivity index (χ0) is 17.6. The third kappa shape index (κ3) is 3.16. The molecule has 1 fully saturated rings. The summed E-state index contributed by atoms with van der Waals surface area (Å²) >= 11 is 6.29. The highest BCUT2D eigenvalue weighted by molar-refractivity contribution is 6.30. The predicted octanol–water partition coefficient (Wildman–Crippen LogP) is 4.89. The second-order valence-electron chi connectivity index (χ2n) is 7.53. The van der Waals surface area contributed by atoms with Crippen LogP contribution in [0, 0.1) is 5.82 Å². The van der Waals surface area contributed by atoms with E-state index < -0.39 is 0 Å². The van der Waals surface area contributed by atoms with Crippen molar-refractivity contribution in [1.29, 1.82) is 0 Å². The monoisotopic (exact) mass is 358 g/mol. The number of fused-ring (bicyclic) bond motifs is 3. The fourth-order valence-electron chi connectivity index (χ4n) is 4.47. The predicted molar refractivity (Wildman–Crippen MR) is 102 cm³/mol. The summed E-state index contributed by atoms with van der Waals surface area (Å²) in [5.74, 6) is 0.697.